The third kappa shape index (κ3) is 4.26. The Kier molecular flexibility index (Phi) is 6.11. The van der Waals surface area contributed by atoms with Crippen molar-refractivity contribution in [3.63, 3.8) is 0 Å². The van der Waals surface area contributed by atoms with E-state index in [2.05, 4.69) is 37.1 Å². The third-order valence-corrected chi connectivity index (χ3v) is 4.28. The van der Waals surface area contributed by atoms with Crippen molar-refractivity contribution in [3.05, 3.63) is 0 Å². The van der Waals surface area contributed by atoms with Gasteiger partial charge < -0.3 is 0 Å². The highest BCUT2D eigenvalue weighted by molar-refractivity contribution is 5.03. The van der Waals surface area contributed by atoms with Crippen molar-refractivity contribution in [2.24, 2.45) is 0 Å². The molecule has 0 aromatic carbocycles. The van der Waals surface area contributed by atoms with E-state index >= 15 is 0 Å². The van der Waals surface area contributed by atoms with E-state index in [0.717, 1.165) is 25.9 Å². The molecule has 0 radical (unpaired) electrons. The predicted molar refractivity (Wildman–Crippen MR) is 76.4 cm³/mol. The van der Waals surface area contributed by atoms with Crippen LogP contribution in [-0.4, -0.2) is 35.6 Å². The Morgan fingerprint density at radius 1 is 1.33 bits per heavy atom. The normalized spacial score (nSPS) is 28.6. The van der Waals surface area contributed by atoms with Gasteiger partial charge in [0.2, 0.25) is 0 Å². The smallest absolute Gasteiger partial charge is 0.103 e. The molecule has 0 saturated carbocycles. The first-order valence-corrected chi connectivity index (χ1v) is 7.44. The summed E-state index contributed by atoms with van der Waals surface area (Å²) in [7, 11) is 0. The van der Waals surface area contributed by atoms with Gasteiger partial charge in [-0.1, -0.05) is 13.3 Å². The topological polar surface area (TPSA) is 39.1 Å². The zero-order valence-electron chi connectivity index (χ0n) is 12.5. The second kappa shape index (κ2) is 7.11. The fraction of sp³-hybridized carbons (Fsp3) is 0.933. The zero-order chi connectivity index (χ0) is 13.6. The molecule has 1 unspecified atom stereocenters. The summed E-state index contributed by atoms with van der Waals surface area (Å²) in [5.41, 5.74) is -0.350. The number of nitrogens with one attached hydrogen (secondary N) is 1. The minimum absolute atomic E-state index is 0.350. The predicted octanol–water partition coefficient (Wildman–Crippen LogP) is 2.92. The van der Waals surface area contributed by atoms with E-state index in [9.17, 15) is 5.26 Å². The summed E-state index contributed by atoms with van der Waals surface area (Å²) in [5.74, 6) is 0. The lowest BCUT2D eigenvalue weighted by molar-refractivity contribution is 0.0993. The van der Waals surface area contributed by atoms with E-state index in [-0.39, 0.29) is 5.54 Å². The number of hydrogen-bond donors (Lipinski definition) is 1. The van der Waals surface area contributed by atoms with E-state index in [4.69, 9.17) is 0 Å². The number of likely N-dealkylation sites (tertiary alicyclic amines) is 1. The first-order chi connectivity index (χ1) is 8.52. The van der Waals surface area contributed by atoms with Crippen molar-refractivity contribution in [1.82, 2.24) is 10.2 Å². The van der Waals surface area contributed by atoms with Crippen LogP contribution in [0.4, 0.5) is 0 Å². The molecule has 1 rings (SSSR count). The largest absolute Gasteiger partial charge is 0.300 e. The molecule has 18 heavy (non-hydrogen) atoms. The summed E-state index contributed by atoms with van der Waals surface area (Å²) >= 11 is 0. The zero-order valence-corrected chi connectivity index (χ0v) is 12.5. The summed E-state index contributed by atoms with van der Waals surface area (Å²) in [6.45, 7) is 10.7. The number of nitrogens with zero attached hydrogens (tertiary/aromatic N) is 2. The summed E-state index contributed by atoms with van der Waals surface area (Å²) < 4.78 is 0. The fourth-order valence-corrected chi connectivity index (χ4v) is 3.10. The first kappa shape index (κ1) is 15.5. The maximum atomic E-state index is 9.23. The molecule has 0 amide bonds. The van der Waals surface area contributed by atoms with Gasteiger partial charge in [0, 0.05) is 12.1 Å². The average Bonchev–Trinajstić information content (AvgIpc) is 2.33. The quantitative estimate of drug-likeness (QED) is 0.789. The molecule has 0 bridgehead atoms. The van der Waals surface area contributed by atoms with E-state index in [0.29, 0.717) is 12.1 Å². The van der Waals surface area contributed by atoms with Crippen molar-refractivity contribution >= 4 is 0 Å². The van der Waals surface area contributed by atoms with Crippen LogP contribution in [0.5, 0.6) is 0 Å². The minimum Gasteiger partial charge on any atom is -0.300 e. The molecule has 0 spiro atoms. The highest BCUT2D eigenvalue weighted by atomic mass is 15.2. The molecule has 1 aliphatic heterocycles. The molecule has 3 nitrogen and oxygen atoms in total. The Morgan fingerprint density at radius 3 is 2.44 bits per heavy atom. The first-order valence-electron chi connectivity index (χ1n) is 7.44. The molecule has 1 saturated heterocycles. The third-order valence-electron chi connectivity index (χ3n) is 4.28. The van der Waals surface area contributed by atoms with Gasteiger partial charge in [0.15, 0.2) is 0 Å². The second-order valence-corrected chi connectivity index (χ2v) is 5.94. The van der Waals surface area contributed by atoms with Gasteiger partial charge in [-0.25, -0.2) is 0 Å². The van der Waals surface area contributed by atoms with Crippen molar-refractivity contribution in [2.75, 3.05) is 13.1 Å². The second-order valence-electron chi connectivity index (χ2n) is 5.94. The molecule has 1 fully saturated rings. The molecular weight excluding hydrogens is 222 g/mol. The van der Waals surface area contributed by atoms with E-state index in [1.54, 1.807) is 0 Å². The van der Waals surface area contributed by atoms with Crippen molar-refractivity contribution < 1.29 is 0 Å². The molecule has 3 heteroatoms. The number of rotatable bonds is 6. The van der Waals surface area contributed by atoms with E-state index < -0.39 is 0 Å². The maximum Gasteiger partial charge on any atom is 0.103 e. The molecule has 104 valence electrons. The lowest BCUT2D eigenvalue weighted by atomic mass is 9.94. The van der Waals surface area contributed by atoms with Crippen molar-refractivity contribution in [3.8, 4) is 6.07 Å². The van der Waals surface area contributed by atoms with Crippen LogP contribution in [0, 0.1) is 11.3 Å². The Balaban J connectivity index is 2.38. The fourth-order valence-electron chi connectivity index (χ4n) is 3.10. The van der Waals surface area contributed by atoms with Crippen LogP contribution in [0.2, 0.25) is 0 Å². The number of nitriles is 1. The van der Waals surface area contributed by atoms with Gasteiger partial charge in [-0.15, -0.1) is 0 Å². The lowest BCUT2D eigenvalue weighted by Crippen LogP contribution is -2.45. The molecule has 0 aliphatic carbocycles. The maximum absolute atomic E-state index is 9.23. The Bertz CT molecular complexity index is 274. The van der Waals surface area contributed by atoms with Gasteiger partial charge in [-0.3, -0.25) is 10.2 Å². The summed E-state index contributed by atoms with van der Waals surface area (Å²) in [5, 5.41) is 12.5. The van der Waals surface area contributed by atoms with Gasteiger partial charge in [0.1, 0.15) is 5.54 Å². The summed E-state index contributed by atoms with van der Waals surface area (Å²) in [4.78, 5) is 2.62. The van der Waals surface area contributed by atoms with Crippen LogP contribution in [0.1, 0.15) is 59.8 Å². The molecule has 0 aromatic rings. The average molecular weight is 251 g/mol. The van der Waals surface area contributed by atoms with Crippen molar-refractivity contribution in [2.45, 2.75) is 77.4 Å². The monoisotopic (exact) mass is 251 g/mol. The Labute approximate surface area is 113 Å². The molecular formula is C15H29N3. The highest BCUT2D eigenvalue weighted by Gasteiger charge is 2.26. The van der Waals surface area contributed by atoms with E-state index in [1.165, 1.54) is 19.3 Å². The lowest BCUT2D eigenvalue weighted by Gasteiger charge is -2.39. The van der Waals surface area contributed by atoms with E-state index in [1.807, 2.05) is 6.92 Å². The standard InChI is InChI=1S/C15H29N3/c1-5-17-15(4,12-16)10-7-11-18-13(2)8-6-9-14(18)3/h13-14,17H,5-11H2,1-4H3/t13-,14+,15?. The minimum atomic E-state index is -0.350. The Hall–Kier alpha value is -0.590. The molecule has 0 aromatic heterocycles. The van der Waals surface area contributed by atoms with Gasteiger partial charge in [0.05, 0.1) is 6.07 Å². The van der Waals surface area contributed by atoms with Gasteiger partial charge in [-0.05, 0) is 59.5 Å². The summed E-state index contributed by atoms with van der Waals surface area (Å²) in [6, 6.07) is 3.83. The SMILES string of the molecule is CCNC(C)(C#N)CCCN1[C@H](C)CCC[C@@H]1C. The van der Waals surface area contributed by atoms with Gasteiger partial charge in [-0.2, -0.15) is 5.26 Å². The molecule has 1 aliphatic rings. The summed E-state index contributed by atoms with van der Waals surface area (Å²) in [6.07, 6.45) is 6.06. The highest BCUT2D eigenvalue weighted by Crippen LogP contribution is 2.23. The number of hydrogen-bond acceptors (Lipinski definition) is 3. The Morgan fingerprint density at radius 2 is 1.94 bits per heavy atom. The van der Waals surface area contributed by atoms with Crippen LogP contribution in [0.15, 0.2) is 0 Å². The van der Waals surface area contributed by atoms with Crippen LogP contribution >= 0.6 is 0 Å². The van der Waals surface area contributed by atoms with Crippen LogP contribution < -0.4 is 5.32 Å². The van der Waals surface area contributed by atoms with Crippen molar-refractivity contribution in [1.29, 1.82) is 5.26 Å². The van der Waals surface area contributed by atoms with Crippen LogP contribution in [0.3, 0.4) is 0 Å². The molecule has 1 N–H and O–H groups in total. The van der Waals surface area contributed by atoms with Crippen LogP contribution in [-0.2, 0) is 0 Å². The molecule has 1 heterocycles. The van der Waals surface area contributed by atoms with Crippen LogP contribution in [0.25, 0.3) is 0 Å². The van der Waals surface area contributed by atoms with Gasteiger partial charge in [0.25, 0.3) is 0 Å². The van der Waals surface area contributed by atoms with Gasteiger partial charge >= 0.3 is 0 Å². The number of piperidine rings is 1. The molecule has 3 atom stereocenters.